The molecule has 1 saturated carbocycles. The molecule has 0 saturated heterocycles. The Labute approximate surface area is 120 Å². The number of rotatable bonds is 5. The van der Waals surface area contributed by atoms with Crippen LogP contribution >= 0.6 is 0 Å². The van der Waals surface area contributed by atoms with Crippen molar-refractivity contribution >= 4 is 11.6 Å². The van der Waals surface area contributed by atoms with Crippen molar-refractivity contribution in [1.29, 1.82) is 0 Å². The molecule has 1 aliphatic carbocycles. The van der Waals surface area contributed by atoms with E-state index in [1.165, 1.54) is 0 Å². The van der Waals surface area contributed by atoms with Gasteiger partial charge in [-0.15, -0.1) is 0 Å². The molecular weight excluding hydrogens is 252 g/mol. The van der Waals surface area contributed by atoms with Gasteiger partial charge in [-0.2, -0.15) is 0 Å². The molecule has 0 bridgehead atoms. The second kappa shape index (κ2) is 6.27. The van der Waals surface area contributed by atoms with E-state index in [0.29, 0.717) is 6.42 Å². The number of amides is 1. The minimum atomic E-state index is -0.377. The fourth-order valence-electron chi connectivity index (χ4n) is 2.94. The summed E-state index contributed by atoms with van der Waals surface area (Å²) < 4.78 is 0. The first kappa shape index (κ1) is 14.9. The van der Waals surface area contributed by atoms with Crippen LogP contribution in [0.1, 0.15) is 50.5 Å². The lowest BCUT2D eigenvalue weighted by Gasteiger charge is -2.28. The minimum Gasteiger partial charge on any atom is -0.399 e. The Morgan fingerprint density at radius 1 is 1.35 bits per heavy atom. The van der Waals surface area contributed by atoms with E-state index in [9.17, 15) is 9.90 Å². The summed E-state index contributed by atoms with van der Waals surface area (Å²) in [6.07, 6.45) is 4.35. The standard InChI is InChI=1S/C16H24N2O2/c1-12(13-4-6-14(17)7-5-13)10-15(20)18-16(11-19)8-2-3-9-16/h4-7,12,19H,2-3,8-11,17H2,1H3,(H,18,20). The second-order valence-corrected chi connectivity index (χ2v) is 5.97. The number of aliphatic hydroxyl groups excluding tert-OH is 1. The molecule has 1 unspecified atom stereocenters. The quantitative estimate of drug-likeness (QED) is 0.722. The zero-order chi connectivity index (χ0) is 14.6. The van der Waals surface area contributed by atoms with Crippen LogP contribution in [0.3, 0.4) is 0 Å². The topological polar surface area (TPSA) is 75.3 Å². The van der Waals surface area contributed by atoms with Crippen molar-refractivity contribution in [3.8, 4) is 0 Å². The van der Waals surface area contributed by atoms with Crippen molar-refractivity contribution in [3.05, 3.63) is 29.8 Å². The molecule has 1 fully saturated rings. The fourth-order valence-corrected chi connectivity index (χ4v) is 2.94. The first-order chi connectivity index (χ1) is 9.54. The summed E-state index contributed by atoms with van der Waals surface area (Å²) in [4.78, 5) is 12.2. The van der Waals surface area contributed by atoms with Crippen LogP contribution in [-0.2, 0) is 4.79 Å². The maximum Gasteiger partial charge on any atom is 0.221 e. The summed E-state index contributed by atoms with van der Waals surface area (Å²) >= 11 is 0. The molecule has 110 valence electrons. The number of carbonyl (C=O) groups is 1. The third kappa shape index (κ3) is 3.51. The Balaban J connectivity index is 1.92. The third-order valence-electron chi connectivity index (χ3n) is 4.26. The van der Waals surface area contributed by atoms with E-state index >= 15 is 0 Å². The van der Waals surface area contributed by atoms with Gasteiger partial charge in [-0.05, 0) is 36.5 Å². The van der Waals surface area contributed by atoms with Gasteiger partial charge in [-0.25, -0.2) is 0 Å². The summed E-state index contributed by atoms with van der Waals surface area (Å²) in [6, 6.07) is 7.64. The molecule has 4 heteroatoms. The van der Waals surface area contributed by atoms with Crippen molar-refractivity contribution < 1.29 is 9.90 Å². The Kier molecular flexibility index (Phi) is 4.65. The molecule has 4 N–H and O–H groups in total. The van der Waals surface area contributed by atoms with Gasteiger partial charge in [0.2, 0.25) is 5.91 Å². The highest BCUT2D eigenvalue weighted by atomic mass is 16.3. The Hall–Kier alpha value is -1.55. The molecule has 1 aromatic rings. The molecule has 1 amide bonds. The van der Waals surface area contributed by atoms with E-state index in [-0.39, 0.29) is 24.0 Å². The van der Waals surface area contributed by atoms with Crippen molar-refractivity contribution in [1.82, 2.24) is 5.32 Å². The SMILES string of the molecule is CC(CC(=O)NC1(CO)CCCC1)c1ccc(N)cc1. The Morgan fingerprint density at radius 3 is 2.50 bits per heavy atom. The average Bonchev–Trinajstić information content (AvgIpc) is 2.88. The highest BCUT2D eigenvalue weighted by Crippen LogP contribution is 2.29. The largest absolute Gasteiger partial charge is 0.399 e. The molecule has 0 aliphatic heterocycles. The van der Waals surface area contributed by atoms with E-state index in [0.717, 1.165) is 36.9 Å². The minimum absolute atomic E-state index is 0.0188. The van der Waals surface area contributed by atoms with Crippen LogP contribution in [0, 0.1) is 0 Å². The van der Waals surface area contributed by atoms with E-state index in [4.69, 9.17) is 5.73 Å². The van der Waals surface area contributed by atoms with E-state index < -0.39 is 0 Å². The van der Waals surface area contributed by atoms with Crippen LogP contribution in [0.25, 0.3) is 0 Å². The Morgan fingerprint density at radius 2 is 1.95 bits per heavy atom. The first-order valence-electron chi connectivity index (χ1n) is 7.32. The first-order valence-corrected chi connectivity index (χ1v) is 7.32. The molecule has 1 atom stereocenters. The van der Waals surface area contributed by atoms with Crippen LogP contribution in [-0.4, -0.2) is 23.2 Å². The molecule has 20 heavy (non-hydrogen) atoms. The second-order valence-electron chi connectivity index (χ2n) is 5.97. The number of hydrogen-bond acceptors (Lipinski definition) is 3. The molecular formula is C16H24N2O2. The smallest absolute Gasteiger partial charge is 0.221 e. The van der Waals surface area contributed by atoms with Crippen LogP contribution in [0.2, 0.25) is 0 Å². The van der Waals surface area contributed by atoms with Gasteiger partial charge in [0.1, 0.15) is 0 Å². The van der Waals surface area contributed by atoms with E-state index in [1.54, 1.807) is 0 Å². The maximum absolute atomic E-state index is 12.2. The third-order valence-corrected chi connectivity index (χ3v) is 4.26. The zero-order valence-electron chi connectivity index (χ0n) is 12.1. The van der Waals surface area contributed by atoms with Gasteiger partial charge >= 0.3 is 0 Å². The molecule has 0 heterocycles. The van der Waals surface area contributed by atoms with Crippen LogP contribution in [0.15, 0.2) is 24.3 Å². The van der Waals surface area contributed by atoms with Gasteiger partial charge in [0.05, 0.1) is 12.1 Å². The van der Waals surface area contributed by atoms with Crippen molar-refractivity contribution in [2.75, 3.05) is 12.3 Å². The van der Waals surface area contributed by atoms with E-state index in [1.807, 2.05) is 31.2 Å². The molecule has 0 aromatic heterocycles. The van der Waals surface area contributed by atoms with Crippen molar-refractivity contribution in [3.63, 3.8) is 0 Å². The summed E-state index contributed by atoms with van der Waals surface area (Å²) in [5.74, 6) is 0.165. The lowest BCUT2D eigenvalue weighted by molar-refractivity contribution is -0.123. The molecule has 0 radical (unpaired) electrons. The predicted molar refractivity (Wildman–Crippen MR) is 80.3 cm³/mol. The summed E-state index contributed by atoms with van der Waals surface area (Å²) in [5.41, 5.74) is 7.13. The van der Waals surface area contributed by atoms with Crippen molar-refractivity contribution in [2.45, 2.75) is 50.5 Å². The lowest BCUT2D eigenvalue weighted by atomic mass is 9.95. The van der Waals surface area contributed by atoms with Crippen LogP contribution < -0.4 is 11.1 Å². The van der Waals surface area contributed by atoms with Gasteiger partial charge in [0.25, 0.3) is 0 Å². The monoisotopic (exact) mass is 276 g/mol. The zero-order valence-corrected chi connectivity index (χ0v) is 12.1. The highest BCUT2D eigenvalue weighted by Gasteiger charge is 2.34. The number of benzene rings is 1. The van der Waals surface area contributed by atoms with Gasteiger partial charge < -0.3 is 16.2 Å². The van der Waals surface area contributed by atoms with Crippen LogP contribution in [0.4, 0.5) is 5.69 Å². The van der Waals surface area contributed by atoms with Crippen LogP contribution in [0.5, 0.6) is 0 Å². The fraction of sp³-hybridized carbons (Fsp3) is 0.562. The number of nitrogens with two attached hydrogens (primary N) is 1. The van der Waals surface area contributed by atoms with Gasteiger partial charge in [0.15, 0.2) is 0 Å². The summed E-state index contributed by atoms with van der Waals surface area (Å²) in [6.45, 7) is 2.07. The Bertz CT molecular complexity index is 450. The number of nitrogens with one attached hydrogen (secondary N) is 1. The predicted octanol–water partition coefficient (Wildman–Crippen LogP) is 2.18. The maximum atomic E-state index is 12.2. The number of aliphatic hydroxyl groups is 1. The normalized spacial score (nSPS) is 18.7. The van der Waals surface area contributed by atoms with Gasteiger partial charge in [-0.1, -0.05) is 31.9 Å². The molecule has 0 spiro atoms. The van der Waals surface area contributed by atoms with Crippen molar-refractivity contribution in [2.24, 2.45) is 0 Å². The molecule has 2 rings (SSSR count). The molecule has 1 aliphatic rings. The van der Waals surface area contributed by atoms with E-state index in [2.05, 4.69) is 5.32 Å². The van der Waals surface area contributed by atoms with Gasteiger partial charge in [0, 0.05) is 12.1 Å². The average molecular weight is 276 g/mol. The number of nitrogen functional groups attached to an aromatic ring is 1. The molecule has 4 nitrogen and oxygen atoms in total. The number of anilines is 1. The van der Waals surface area contributed by atoms with Gasteiger partial charge in [-0.3, -0.25) is 4.79 Å². The molecule has 1 aromatic carbocycles. The summed E-state index contributed by atoms with van der Waals surface area (Å²) in [5, 5.41) is 12.6. The number of hydrogen-bond donors (Lipinski definition) is 3. The highest BCUT2D eigenvalue weighted by molar-refractivity contribution is 5.77. The number of carbonyl (C=O) groups excluding carboxylic acids is 1. The summed E-state index contributed by atoms with van der Waals surface area (Å²) in [7, 11) is 0. The lowest BCUT2D eigenvalue weighted by Crippen LogP contribution is -2.49.